The maximum Gasteiger partial charge on any atom is 0.148 e. The third-order valence-corrected chi connectivity index (χ3v) is 2.69. The van der Waals surface area contributed by atoms with E-state index in [-0.39, 0.29) is 5.82 Å². The van der Waals surface area contributed by atoms with Crippen molar-refractivity contribution in [3.63, 3.8) is 0 Å². The maximum atomic E-state index is 13.7. The number of aryl methyl sites for hydroxylation is 1. The summed E-state index contributed by atoms with van der Waals surface area (Å²) in [5, 5.41) is 0. The summed E-state index contributed by atoms with van der Waals surface area (Å²) < 4.78 is 15.6. The molecular formula is C14H16FN. The van der Waals surface area contributed by atoms with Gasteiger partial charge in [0.05, 0.1) is 0 Å². The second-order valence-electron chi connectivity index (χ2n) is 3.98. The van der Waals surface area contributed by atoms with Crippen LogP contribution in [0.15, 0.2) is 42.7 Å². The Labute approximate surface area is 95.5 Å². The molecule has 0 aliphatic rings. The number of rotatable bonds is 4. The summed E-state index contributed by atoms with van der Waals surface area (Å²) >= 11 is 0. The summed E-state index contributed by atoms with van der Waals surface area (Å²) in [5.74, 6) is -0.137. The molecule has 0 aliphatic heterocycles. The first-order valence-electron chi connectivity index (χ1n) is 5.72. The summed E-state index contributed by atoms with van der Waals surface area (Å²) in [6.07, 6.45) is 5.68. The molecule has 1 aromatic carbocycles. The standard InChI is InChI=1S/C14H16FN/c1-2-3-9-16-10-13(14(15)11-16)12-7-5-4-6-8-12/h4-8,10-11H,2-3,9H2,1H3. The van der Waals surface area contributed by atoms with E-state index in [4.69, 9.17) is 0 Å². The number of hydrogen-bond acceptors (Lipinski definition) is 0. The first-order valence-corrected chi connectivity index (χ1v) is 5.72. The van der Waals surface area contributed by atoms with Crippen molar-refractivity contribution in [3.05, 3.63) is 48.5 Å². The number of nitrogens with zero attached hydrogens (tertiary/aromatic N) is 1. The smallest absolute Gasteiger partial charge is 0.148 e. The number of aromatic nitrogens is 1. The molecule has 0 saturated heterocycles. The quantitative estimate of drug-likeness (QED) is 0.726. The van der Waals surface area contributed by atoms with Gasteiger partial charge in [-0.1, -0.05) is 43.7 Å². The van der Waals surface area contributed by atoms with Crippen molar-refractivity contribution >= 4 is 0 Å². The Bertz CT molecular complexity index is 445. The van der Waals surface area contributed by atoms with E-state index in [0.717, 1.165) is 24.9 Å². The summed E-state index contributed by atoms with van der Waals surface area (Å²) in [6.45, 7) is 3.03. The first kappa shape index (κ1) is 10.9. The topological polar surface area (TPSA) is 4.93 Å². The van der Waals surface area contributed by atoms with E-state index in [1.165, 1.54) is 0 Å². The van der Waals surface area contributed by atoms with Crippen molar-refractivity contribution in [2.24, 2.45) is 0 Å². The molecule has 1 heterocycles. The lowest BCUT2D eigenvalue weighted by molar-refractivity contribution is 0.599. The van der Waals surface area contributed by atoms with Gasteiger partial charge in [0.1, 0.15) is 5.82 Å². The monoisotopic (exact) mass is 217 g/mol. The average molecular weight is 217 g/mol. The average Bonchev–Trinajstić information content (AvgIpc) is 2.69. The minimum absolute atomic E-state index is 0.137. The van der Waals surface area contributed by atoms with Crippen LogP contribution in [-0.2, 0) is 6.54 Å². The van der Waals surface area contributed by atoms with Gasteiger partial charge in [-0.3, -0.25) is 0 Å². The molecule has 0 spiro atoms. The molecule has 84 valence electrons. The van der Waals surface area contributed by atoms with Gasteiger partial charge < -0.3 is 4.57 Å². The van der Waals surface area contributed by atoms with Crippen molar-refractivity contribution in [2.45, 2.75) is 26.3 Å². The predicted octanol–water partition coefficient (Wildman–Crippen LogP) is 4.09. The van der Waals surface area contributed by atoms with Crippen LogP contribution < -0.4 is 0 Å². The maximum absolute atomic E-state index is 13.7. The van der Waals surface area contributed by atoms with E-state index in [9.17, 15) is 4.39 Å². The lowest BCUT2D eigenvalue weighted by Crippen LogP contribution is -1.92. The second kappa shape index (κ2) is 4.97. The molecule has 2 aromatic rings. The molecule has 0 saturated carbocycles. The van der Waals surface area contributed by atoms with Crippen LogP contribution in [0.4, 0.5) is 4.39 Å². The fourth-order valence-corrected chi connectivity index (χ4v) is 1.78. The largest absolute Gasteiger partial charge is 0.351 e. The highest BCUT2D eigenvalue weighted by Crippen LogP contribution is 2.23. The van der Waals surface area contributed by atoms with E-state index in [1.54, 1.807) is 6.20 Å². The van der Waals surface area contributed by atoms with Crippen LogP contribution in [0.25, 0.3) is 11.1 Å². The van der Waals surface area contributed by atoms with Crippen molar-refractivity contribution in [2.75, 3.05) is 0 Å². The molecule has 0 fully saturated rings. The Balaban J connectivity index is 2.25. The van der Waals surface area contributed by atoms with Gasteiger partial charge in [0, 0.05) is 24.5 Å². The van der Waals surface area contributed by atoms with Gasteiger partial charge >= 0.3 is 0 Å². The van der Waals surface area contributed by atoms with E-state index in [2.05, 4.69) is 6.92 Å². The fraction of sp³-hybridized carbons (Fsp3) is 0.286. The Kier molecular flexibility index (Phi) is 3.40. The zero-order valence-electron chi connectivity index (χ0n) is 9.49. The molecule has 0 unspecified atom stereocenters. The van der Waals surface area contributed by atoms with Gasteiger partial charge in [-0.2, -0.15) is 0 Å². The molecule has 0 atom stereocenters. The Morgan fingerprint density at radius 3 is 2.56 bits per heavy atom. The third-order valence-electron chi connectivity index (χ3n) is 2.69. The van der Waals surface area contributed by atoms with Gasteiger partial charge in [-0.05, 0) is 12.0 Å². The first-order chi connectivity index (χ1) is 7.81. The van der Waals surface area contributed by atoms with Crippen LogP contribution in [0.1, 0.15) is 19.8 Å². The normalized spacial score (nSPS) is 10.6. The summed E-state index contributed by atoms with van der Waals surface area (Å²) in [7, 11) is 0. The zero-order chi connectivity index (χ0) is 11.4. The minimum atomic E-state index is -0.137. The Hall–Kier alpha value is -1.57. The lowest BCUT2D eigenvalue weighted by atomic mass is 10.1. The number of unbranched alkanes of at least 4 members (excludes halogenated alkanes) is 1. The molecule has 0 amide bonds. The molecule has 0 aliphatic carbocycles. The van der Waals surface area contributed by atoms with Gasteiger partial charge in [0.2, 0.25) is 0 Å². The van der Waals surface area contributed by atoms with Gasteiger partial charge in [0.25, 0.3) is 0 Å². The molecule has 1 nitrogen and oxygen atoms in total. The van der Waals surface area contributed by atoms with Crippen LogP contribution in [0, 0.1) is 5.82 Å². The molecule has 1 aromatic heterocycles. The number of benzene rings is 1. The SMILES string of the molecule is CCCCn1cc(F)c(-c2ccccc2)c1. The van der Waals surface area contributed by atoms with Crippen LogP contribution in [0.3, 0.4) is 0 Å². The molecule has 0 radical (unpaired) electrons. The lowest BCUT2D eigenvalue weighted by Gasteiger charge is -1.99. The summed E-state index contributed by atoms with van der Waals surface area (Å²) in [5.41, 5.74) is 1.63. The van der Waals surface area contributed by atoms with Crippen molar-refractivity contribution in [1.29, 1.82) is 0 Å². The van der Waals surface area contributed by atoms with E-state index in [1.807, 2.05) is 41.1 Å². The van der Waals surface area contributed by atoms with Crippen molar-refractivity contribution < 1.29 is 4.39 Å². The Morgan fingerprint density at radius 2 is 1.88 bits per heavy atom. The summed E-state index contributed by atoms with van der Waals surface area (Å²) in [4.78, 5) is 0. The highest BCUT2D eigenvalue weighted by Gasteiger charge is 2.07. The third kappa shape index (κ3) is 2.32. The molecule has 0 N–H and O–H groups in total. The van der Waals surface area contributed by atoms with Gasteiger partial charge in [-0.15, -0.1) is 0 Å². The molecule has 2 rings (SSSR count). The molecular weight excluding hydrogens is 201 g/mol. The van der Waals surface area contributed by atoms with E-state index < -0.39 is 0 Å². The van der Waals surface area contributed by atoms with Crippen LogP contribution in [0.2, 0.25) is 0 Å². The van der Waals surface area contributed by atoms with E-state index in [0.29, 0.717) is 5.56 Å². The zero-order valence-corrected chi connectivity index (χ0v) is 9.49. The highest BCUT2D eigenvalue weighted by molar-refractivity contribution is 5.63. The fourth-order valence-electron chi connectivity index (χ4n) is 1.78. The number of halogens is 1. The van der Waals surface area contributed by atoms with Crippen LogP contribution in [0.5, 0.6) is 0 Å². The van der Waals surface area contributed by atoms with Crippen molar-refractivity contribution in [3.8, 4) is 11.1 Å². The van der Waals surface area contributed by atoms with Crippen LogP contribution >= 0.6 is 0 Å². The number of hydrogen-bond donors (Lipinski definition) is 0. The second-order valence-corrected chi connectivity index (χ2v) is 3.98. The van der Waals surface area contributed by atoms with E-state index >= 15 is 0 Å². The summed E-state index contributed by atoms with van der Waals surface area (Å²) in [6, 6.07) is 9.66. The van der Waals surface area contributed by atoms with Gasteiger partial charge in [-0.25, -0.2) is 4.39 Å². The molecule has 16 heavy (non-hydrogen) atoms. The predicted molar refractivity (Wildman–Crippen MR) is 64.7 cm³/mol. The van der Waals surface area contributed by atoms with Gasteiger partial charge in [0.15, 0.2) is 0 Å². The minimum Gasteiger partial charge on any atom is -0.351 e. The molecule has 0 bridgehead atoms. The van der Waals surface area contributed by atoms with Crippen LogP contribution in [-0.4, -0.2) is 4.57 Å². The molecule has 2 heteroatoms. The Morgan fingerprint density at radius 1 is 1.12 bits per heavy atom. The van der Waals surface area contributed by atoms with Crippen molar-refractivity contribution in [1.82, 2.24) is 4.57 Å². The highest BCUT2D eigenvalue weighted by atomic mass is 19.1.